The molecule has 2 aromatic heterocycles. The minimum absolute atomic E-state index is 0.833. The molecule has 1 aromatic carbocycles. The molecule has 0 spiro atoms. The van der Waals surface area contributed by atoms with Gasteiger partial charge in [0.25, 0.3) is 0 Å². The average molecular weight is 306 g/mol. The monoisotopic (exact) mass is 306 g/mol. The van der Waals surface area contributed by atoms with E-state index in [0.717, 1.165) is 28.5 Å². The van der Waals surface area contributed by atoms with Crippen LogP contribution in [0.15, 0.2) is 67.0 Å². The second-order valence-electron chi connectivity index (χ2n) is 4.90. The lowest BCUT2D eigenvalue weighted by atomic mass is 10.2. The maximum atomic E-state index is 4.72. The Bertz CT molecular complexity index is 865. The molecule has 0 bridgehead atoms. The fourth-order valence-electron chi connectivity index (χ4n) is 2.35. The summed E-state index contributed by atoms with van der Waals surface area (Å²) in [6, 6.07) is 12.0. The van der Waals surface area contributed by atoms with Gasteiger partial charge in [-0.3, -0.25) is 0 Å². The minimum Gasteiger partial charge on any atom is -0.340 e. The molecule has 1 aliphatic rings. The lowest BCUT2D eigenvalue weighted by Crippen LogP contribution is -2.03. The van der Waals surface area contributed by atoms with E-state index in [1.807, 2.05) is 47.1 Å². The van der Waals surface area contributed by atoms with E-state index in [0.29, 0.717) is 0 Å². The molecule has 1 aliphatic heterocycles. The maximum absolute atomic E-state index is 4.72. The fraction of sp³-hybridized carbons (Fsp3) is 0.0588. The molecule has 4 rings (SSSR count). The highest BCUT2D eigenvalue weighted by atomic mass is 32.2. The summed E-state index contributed by atoms with van der Waals surface area (Å²) in [5.74, 6) is 1.83. The molecule has 1 N–H and O–H groups in total. The molecular formula is C17H14N4S. The fourth-order valence-corrected chi connectivity index (χ4v) is 3.22. The van der Waals surface area contributed by atoms with Crippen molar-refractivity contribution in [3.63, 3.8) is 0 Å². The number of rotatable bonds is 3. The van der Waals surface area contributed by atoms with Gasteiger partial charge in [0.15, 0.2) is 5.65 Å². The van der Waals surface area contributed by atoms with Crippen molar-refractivity contribution in [1.82, 2.24) is 14.6 Å². The molecule has 0 fully saturated rings. The highest BCUT2D eigenvalue weighted by molar-refractivity contribution is 8.08. The highest BCUT2D eigenvalue weighted by Gasteiger charge is 2.13. The van der Waals surface area contributed by atoms with E-state index in [-0.39, 0.29) is 0 Å². The quantitative estimate of drug-likeness (QED) is 0.790. The van der Waals surface area contributed by atoms with Gasteiger partial charge in [-0.1, -0.05) is 30.4 Å². The van der Waals surface area contributed by atoms with Crippen molar-refractivity contribution in [1.29, 1.82) is 0 Å². The SMILES string of the molecule is C1=CCSC(c2cn3nccc3nc2Nc2ccccc2)=C1. The number of anilines is 2. The van der Waals surface area contributed by atoms with Gasteiger partial charge >= 0.3 is 0 Å². The van der Waals surface area contributed by atoms with Crippen LogP contribution in [0.25, 0.3) is 10.6 Å². The molecule has 0 atom stereocenters. The van der Waals surface area contributed by atoms with Gasteiger partial charge in [0.2, 0.25) is 0 Å². The summed E-state index contributed by atoms with van der Waals surface area (Å²) in [5, 5.41) is 7.72. The summed E-state index contributed by atoms with van der Waals surface area (Å²) >= 11 is 1.81. The van der Waals surface area contributed by atoms with E-state index in [9.17, 15) is 0 Å². The number of allylic oxidation sites excluding steroid dienone is 2. The van der Waals surface area contributed by atoms with Crippen LogP contribution in [0.5, 0.6) is 0 Å². The number of hydrogen-bond donors (Lipinski definition) is 1. The number of thioether (sulfide) groups is 1. The van der Waals surface area contributed by atoms with Gasteiger partial charge in [-0.2, -0.15) is 5.10 Å². The van der Waals surface area contributed by atoms with Gasteiger partial charge in [0, 0.05) is 34.2 Å². The molecule has 0 amide bonds. The van der Waals surface area contributed by atoms with Gasteiger partial charge < -0.3 is 5.32 Å². The van der Waals surface area contributed by atoms with Crippen LogP contribution in [-0.2, 0) is 0 Å². The summed E-state index contributed by atoms with van der Waals surface area (Å²) in [4.78, 5) is 5.92. The molecule has 0 radical (unpaired) electrons. The van der Waals surface area contributed by atoms with E-state index in [4.69, 9.17) is 4.98 Å². The summed E-state index contributed by atoms with van der Waals surface area (Å²) in [6.45, 7) is 0. The number of nitrogens with one attached hydrogen (secondary N) is 1. The van der Waals surface area contributed by atoms with Crippen LogP contribution in [0.2, 0.25) is 0 Å². The number of aromatic nitrogens is 3. The van der Waals surface area contributed by atoms with E-state index in [1.165, 1.54) is 4.91 Å². The van der Waals surface area contributed by atoms with Crippen molar-refractivity contribution in [2.24, 2.45) is 0 Å². The highest BCUT2D eigenvalue weighted by Crippen LogP contribution is 2.35. The van der Waals surface area contributed by atoms with Gasteiger partial charge in [0.05, 0.1) is 6.20 Å². The second kappa shape index (κ2) is 5.69. The number of hydrogen-bond acceptors (Lipinski definition) is 4. The lowest BCUT2D eigenvalue weighted by molar-refractivity contribution is 0.937. The second-order valence-corrected chi connectivity index (χ2v) is 5.96. The Morgan fingerprint density at radius 3 is 2.86 bits per heavy atom. The van der Waals surface area contributed by atoms with Crippen LogP contribution >= 0.6 is 11.8 Å². The molecule has 108 valence electrons. The van der Waals surface area contributed by atoms with Crippen LogP contribution in [0, 0.1) is 0 Å². The largest absolute Gasteiger partial charge is 0.340 e. The normalized spacial score (nSPS) is 14.1. The Morgan fingerprint density at radius 1 is 1.14 bits per heavy atom. The van der Waals surface area contributed by atoms with Crippen molar-refractivity contribution in [2.45, 2.75) is 0 Å². The van der Waals surface area contributed by atoms with Gasteiger partial charge in [-0.15, -0.1) is 11.8 Å². The zero-order valence-electron chi connectivity index (χ0n) is 11.8. The van der Waals surface area contributed by atoms with Crippen molar-refractivity contribution in [3.8, 4) is 0 Å². The summed E-state index contributed by atoms with van der Waals surface area (Å²) in [7, 11) is 0. The van der Waals surface area contributed by atoms with Crippen LogP contribution in [0.3, 0.4) is 0 Å². The molecule has 0 unspecified atom stereocenters. The van der Waals surface area contributed by atoms with E-state index in [2.05, 4.69) is 28.6 Å². The van der Waals surface area contributed by atoms with Gasteiger partial charge in [0.1, 0.15) is 5.82 Å². The predicted octanol–water partition coefficient (Wildman–Crippen LogP) is 4.12. The van der Waals surface area contributed by atoms with Crippen LogP contribution in [-0.4, -0.2) is 20.4 Å². The molecule has 3 aromatic rings. The molecule has 0 aliphatic carbocycles. The van der Waals surface area contributed by atoms with E-state index in [1.54, 1.807) is 18.0 Å². The molecule has 3 heterocycles. The zero-order chi connectivity index (χ0) is 14.8. The number of nitrogens with zero attached hydrogens (tertiary/aromatic N) is 3. The third-order valence-electron chi connectivity index (χ3n) is 3.40. The van der Waals surface area contributed by atoms with E-state index >= 15 is 0 Å². The van der Waals surface area contributed by atoms with Gasteiger partial charge in [-0.25, -0.2) is 9.50 Å². The third kappa shape index (κ3) is 2.51. The third-order valence-corrected chi connectivity index (χ3v) is 4.43. The first kappa shape index (κ1) is 13.2. The Hall–Kier alpha value is -2.53. The predicted molar refractivity (Wildman–Crippen MR) is 92.3 cm³/mol. The van der Waals surface area contributed by atoms with Crippen molar-refractivity contribution >= 4 is 33.8 Å². The zero-order valence-corrected chi connectivity index (χ0v) is 12.6. The molecule has 0 saturated carbocycles. The number of benzene rings is 1. The van der Waals surface area contributed by atoms with E-state index < -0.39 is 0 Å². The molecule has 5 heteroatoms. The summed E-state index contributed by atoms with van der Waals surface area (Å²) in [6.07, 6.45) is 10.2. The maximum Gasteiger partial charge on any atom is 0.157 e. The Labute approximate surface area is 132 Å². The Kier molecular flexibility index (Phi) is 3.40. The lowest BCUT2D eigenvalue weighted by Gasteiger charge is -2.15. The van der Waals surface area contributed by atoms with Crippen molar-refractivity contribution in [3.05, 3.63) is 72.6 Å². The number of para-hydroxylation sites is 1. The Morgan fingerprint density at radius 2 is 2.05 bits per heavy atom. The van der Waals surface area contributed by atoms with Crippen LogP contribution in [0.1, 0.15) is 5.56 Å². The average Bonchev–Trinajstić information content (AvgIpc) is 3.03. The van der Waals surface area contributed by atoms with Crippen molar-refractivity contribution < 1.29 is 0 Å². The number of fused-ring (bicyclic) bond motifs is 1. The summed E-state index contributed by atoms with van der Waals surface area (Å²) < 4.78 is 1.81. The first-order valence-corrected chi connectivity index (χ1v) is 8.05. The van der Waals surface area contributed by atoms with Crippen molar-refractivity contribution in [2.75, 3.05) is 11.1 Å². The Balaban J connectivity index is 1.83. The van der Waals surface area contributed by atoms with Gasteiger partial charge in [-0.05, 0) is 18.2 Å². The molecule has 22 heavy (non-hydrogen) atoms. The van der Waals surface area contributed by atoms with Crippen LogP contribution in [0.4, 0.5) is 11.5 Å². The first-order valence-electron chi connectivity index (χ1n) is 7.06. The minimum atomic E-state index is 0.833. The first-order chi connectivity index (χ1) is 10.9. The topological polar surface area (TPSA) is 42.2 Å². The smallest absolute Gasteiger partial charge is 0.157 e. The molecule has 4 nitrogen and oxygen atoms in total. The van der Waals surface area contributed by atoms with Crippen LogP contribution < -0.4 is 5.32 Å². The summed E-state index contributed by atoms with van der Waals surface area (Å²) in [5.41, 5.74) is 2.92. The standard InChI is InChI=1S/C17H14N4S/c1-2-6-13(7-3-1)19-17-14(15-8-4-5-11-22-15)12-21-16(20-17)9-10-18-21/h1-10,12H,11H2,(H,19,20). The molecule has 0 saturated heterocycles. The molecular weight excluding hydrogens is 292 g/mol.